The maximum absolute atomic E-state index is 12.7. The predicted molar refractivity (Wildman–Crippen MR) is 76.2 cm³/mol. The van der Waals surface area contributed by atoms with Crippen LogP contribution in [0, 0.1) is 6.92 Å². The molecule has 0 fully saturated rings. The zero-order valence-electron chi connectivity index (χ0n) is 10.5. The first-order valence-corrected chi connectivity index (χ1v) is 7.14. The highest BCUT2D eigenvalue weighted by atomic mass is 79.9. The summed E-state index contributed by atoms with van der Waals surface area (Å²) in [6.45, 7) is 1.52. The van der Waals surface area contributed by atoms with Gasteiger partial charge >= 0.3 is 12.1 Å². The summed E-state index contributed by atoms with van der Waals surface area (Å²) in [6.07, 6.45) is -4.46. The number of benzene rings is 1. The Bertz CT molecular complexity index is 700. The van der Waals surface area contributed by atoms with Gasteiger partial charge in [-0.2, -0.15) is 13.2 Å². The summed E-state index contributed by atoms with van der Waals surface area (Å²) in [5.41, 5.74) is -0.339. The molecular weight excluding hydrogens is 373 g/mol. The van der Waals surface area contributed by atoms with Crippen LogP contribution in [0.1, 0.15) is 20.9 Å². The number of hydrogen-bond donors (Lipinski definition) is 2. The third-order valence-corrected chi connectivity index (χ3v) is 4.28. The van der Waals surface area contributed by atoms with Crippen LogP contribution in [0.25, 0.3) is 0 Å². The van der Waals surface area contributed by atoms with E-state index in [1.54, 1.807) is 0 Å². The minimum atomic E-state index is -4.46. The number of aromatic carboxylic acids is 1. The van der Waals surface area contributed by atoms with E-state index in [2.05, 4.69) is 26.2 Å². The summed E-state index contributed by atoms with van der Waals surface area (Å²) < 4.78 is 38.5. The highest BCUT2D eigenvalue weighted by Crippen LogP contribution is 2.36. The molecule has 9 heteroatoms. The van der Waals surface area contributed by atoms with Crippen molar-refractivity contribution in [3.63, 3.8) is 0 Å². The zero-order valence-corrected chi connectivity index (χ0v) is 12.9. The Morgan fingerprint density at radius 2 is 2.10 bits per heavy atom. The van der Waals surface area contributed by atoms with Gasteiger partial charge in [0.15, 0.2) is 5.13 Å². The third-order valence-electron chi connectivity index (χ3n) is 2.53. The molecule has 2 rings (SSSR count). The number of nitrogens with zero attached hydrogens (tertiary/aromatic N) is 1. The quantitative estimate of drug-likeness (QED) is 0.811. The van der Waals surface area contributed by atoms with Crippen LogP contribution in [0.15, 0.2) is 22.7 Å². The number of carboxylic acid groups (broad SMARTS) is 1. The lowest BCUT2D eigenvalue weighted by Crippen LogP contribution is -2.05. The first-order chi connectivity index (χ1) is 9.68. The van der Waals surface area contributed by atoms with Crippen LogP contribution in [-0.2, 0) is 6.18 Å². The lowest BCUT2D eigenvalue weighted by molar-refractivity contribution is -0.137. The molecule has 4 nitrogen and oxygen atoms in total. The predicted octanol–water partition coefficient (Wildman–Crippen LogP) is 4.67. The van der Waals surface area contributed by atoms with E-state index in [4.69, 9.17) is 5.11 Å². The van der Waals surface area contributed by atoms with Crippen molar-refractivity contribution in [3.05, 3.63) is 38.8 Å². The Hall–Kier alpha value is -1.61. The van der Waals surface area contributed by atoms with Gasteiger partial charge < -0.3 is 10.4 Å². The van der Waals surface area contributed by atoms with Crippen LogP contribution < -0.4 is 5.32 Å². The third kappa shape index (κ3) is 3.53. The van der Waals surface area contributed by atoms with E-state index in [1.165, 1.54) is 13.0 Å². The van der Waals surface area contributed by atoms with E-state index < -0.39 is 17.7 Å². The topological polar surface area (TPSA) is 62.2 Å². The smallest absolute Gasteiger partial charge is 0.416 e. The number of anilines is 2. The van der Waals surface area contributed by atoms with E-state index in [-0.39, 0.29) is 15.7 Å². The molecule has 1 heterocycles. The summed E-state index contributed by atoms with van der Waals surface area (Å²) in [6, 6.07) is 3.15. The fraction of sp³-hybridized carbons (Fsp3) is 0.167. The van der Waals surface area contributed by atoms with Crippen LogP contribution in [0.5, 0.6) is 0 Å². The van der Waals surface area contributed by atoms with E-state index >= 15 is 0 Å². The second-order valence-electron chi connectivity index (χ2n) is 4.06. The molecular formula is C12H8BrF3N2O2S. The standard InChI is InChI=1S/C12H8BrF3N2O2S/c1-5-9(10(19)20)21-11(17-5)18-8-4-6(12(14,15)16)2-3-7(8)13/h2-4H,1H3,(H,17,18)(H,19,20). The Kier molecular flexibility index (Phi) is 4.24. The minimum Gasteiger partial charge on any atom is -0.477 e. The van der Waals surface area contributed by atoms with Gasteiger partial charge in [-0.15, -0.1) is 0 Å². The summed E-state index contributed by atoms with van der Waals surface area (Å²) in [7, 11) is 0. The van der Waals surface area contributed by atoms with Crippen LogP contribution >= 0.6 is 27.3 Å². The zero-order chi connectivity index (χ0) is 15.8. The van der Waals surface area contributed by atoms with Gasteiger partial charge in [-0.1, -0.05) is 11.3 Å². The molecule has 0 saturated heterocycles. The van der Waals surface area contributed by atoms with Crippen molar-refractivity contribution in [2.45, 2.75) is 13.1 Å². The average Bonchev–Trinajstić information content (AvgIpc) is 2.72. The number of carboxylic acids is 1. The maximum Gasteiger partial charge on any atom is 0.416 e. The second-order valence-corrected chi connectivity index (χ2v) is 5.91. The van der Waals surface area contributed by atoms with Gasteiger partial charge in [0.2, 0.25) is 0 Å². The molecule has 0 saturated carbocycles. The molecule has 0 unspecified atom stereocenters. The lowest BCUT2D eigenvalue weighted by atomic mass is 10.2. The highest BCUT2D eigenvalue weighted by Gasteiger charge is 2.31. The molecule has 21 heavy (non-hydrogen) atoms. The SMILES string of the molecule is Cc1nc(Nc2cc(C(F)(F)F)ccc2Br)sc1C(=O)O. The van der Waals surface area contributed by atoms with E-state index in [0.29, 0.717) is 10.2 Å². The van der Waals surface area contributed by atoms with E-state index in [9.17, 15) is 18.0 Å². The van der Waals surface area contributed by atoms with Crippen molar-refractivity contribution in [1.29, 1.82) is 0 Å². The van der Waals surface area contributed by atoms with Gasteiger partial charge in [-0.05, 0) is 41.1 Å². The Labute approximate surface area is 129 Å². The van der Waals surface area contributed by atoms with Crippen LogP contribution in [0.2, 0.25) is 0 Å². The summed E-state index contributed by atoms with van der Waals surface area (Å²) in [4.78, 5) is 15.0. The summed E-state index contributed by atoms with van der Waals surface area (Å²) in [5, 5.41) is 11.8. The molecule has 0 bridgehead atoms. The van der Waals surface area contributed by atoms with Crippen LogP contribution in [0.4, 0.5) is 24.0 Å². The van der Waals surface area contributed by atoms with Crippen molar-refractivity contribution in [2.75, 3.05) is 5.32 Å². The molecule has 0 radical (unpaired) electrons. The molecule has 2 aromatic rings. The molecule has 112 valence electrons. The van der Waals surface area contributed by atoms with Crippen molar-refractivity contribution in [2.24, 2.45) is 0 Å². The summed E-state index contributed by atoms with van der Waals surface area (Å²) >= 11 is 4.00. The Morgan fingerprint density at radius 1 is 1.43 bits per heavy atom. The molecule has 0 aliphatic carbocycles. The molecule has 0 amide bonds. The highest BCUT2D eigenvalue weighted by molar-refractivity contribution is 9.10. The van der Waals surface area contributed by atoms with Crippen molar-refractivity contribution >= 4 is 44.1 Å². The Morgan fingerprint density at radius 3 is 2.62 bits per heavy atom. The molecule has 0 aliphatic heterocycles. The van der Waals surface area contributed by atoms with Gasteiger partial charge in [0, 0.05) is 4.47 Å². The normalized spacial score (nSPS) is 11.5. The largest absolute Gasteiger partial charge is 0.477 e. The van der Waals surface area contributed by atoms with Gasteiger partial charge in [0.25, 0.3) is 0 Å². The number of halogens is 4. The first kappa shape index (κ1) is 15.8. The van der Waals surface area contributed by atoms with E-state index in [0.717, 1.165) is 23.5 Å². The number of carbonyl (C=O) groups is 1. The molecule has 0 aliphatic rings. The molecule has 2 N–H and O–H groups in total. The van der Waals surface area contributed by atoms with Crippen LogP contribution in [0.3, 0.4) is 0 Å². The number of hydrogen-bond acceptors (Lipinski definition) is 4. The number of aromatic nitrogens is 1. The number of aryl methyl sites for hydroxylation is 1. The van der Waals surface area contributed by atoms with Gasteiger partial charge in [-0.3, -0.25) is 0 Å². The minimum absolute atomic E-state index is 0.0422. The fourth-order valence-corrected chi connectivity index (χ4v) is 2.72. The van der Waals surface area contributed by atoms with Gasteiger partial charge in [0.1, 0.15) is 4.88 Å². The fourth-order valence-electron chi connectivity index (χ4n) is 1.56. The monoisotopic (exact) mass is 380 g/mol. The molecule has 1 aromatic heterocycles. The van der Waals surface area contributed by atoms with Gasteiger partial charge in [0.05, 0.1) is 16.9 Å². The number of rotatable bonds is 3. The van der Waals surface area contributed by atoms with E-state index in [1.807, 2.05) is 0 Å². The number of thiazole rings is 1. The number of alkyl halides is 3. The average molecular weight is 381 g/mol. The van der Waals surface area contributed by atoms with Crippen molar-refractivity contribution in [3.8, 4) is 0 Å². The molecule has 1 aromatic carbocycles. The molecule has 0 spiro atoms. The first-order valence-electron chi connectivity index (χ1n) is 5.53. The molecule has 0 atom stereocenters. The van der Waals surface area contributed by atoms with Crippen molar-refractivity contribution < 1.29 is 23.1 Å². The second kappa shape index (κ2) is 5.64. The van der Waals surface area contributed by atoms with Crippen LogP contribution in [-0.4, -0.2) is 16.1 Å². The Balaban J connectivity index is 2.35. The van der Waals surface area contributed by atoms with Gasteiger partial charge in [-0.25, -0.2) is 9.78 Å². The number of nitrogens with one attached hydrogen (secondary N) is 1. The summed E-state index contributed by atoms with van der Waals surface area (Å²) in [5.74, 6) is -1.12. The lowest BCUT2D eigenvalue weighted by Gasteiger charge is -2.11. The van der Waals surface area contributed by atoms with Crippen molar-refractivity contribution in [1.82, 2.24) is 4.98 Å². The maximum atomic E-state index is 12.7.